The lowest BCUT2D eigenvalue weighted by atomic mass is 10.2. The molecule has 1 aliphatic heterocycles. The Balaban J connectivity index is 1.93. The number of nitrogens with one attached hydrogen (secondary N) is 1. The normalized spacial score (nSPS) is 21.9. The highest BCUT2D eigenvalue weighted by Gasteiger charge is 2.19. The van der Waals surface area contributed by atoms with E-state index in [0.717, 1.165) is 31.9 Å². The number of rotatable bonds is 3. The second-order valence-electron chi connectivity index (χ2n) is 3.98. The van der Waals surface area contributed by atoms with Crippen molar-refractivity contribution < 1.29 is 5.11 Å². The molecular formula is C11H17N3O. The zero-order valence-corrected chi connectivity index (χ0v) is 8.98. The molecule has 15 heavy (non-hydrogen) atoms. The summed E-state index contributed by atoms with van der Waals surface area (Å²) in [6.07, 6.45) is 2.63. The number of aromatic nitrogens is 1. The second kappa shape index (κ2) is 4.59. The van der Waals surface area contributed by atoms with Crippen LogP contribution in [0.1, 0.15) is 12.0 Å². The van der Waals surface area contributed by atoms with Crippen LogP contribution < -0.4 is 5.32 Å². The van der Waals surface area contributed by atoms with Crippen molar-refractivity contribution >= 4 is 5.82 Å². The summed E-state index contributed by atoms with van der Waals surface area (Å²) in [5.41, 5.74) is 1.20. The molecule has 0 aliphatic carbocycles. The van der Waals surface area contributed by atoms with E-state index < -0.39 is 0 Å². The fraction of sp³-hybridized carbons (Fsp3) is 0.545. The van der Waals surface area contributed by atoms with E-state index in [9.17, 15) is 5.11 Å². The van der Waals surface area contributed by atoms with Crippen LogP contribution >= 0.6 is 0 Å². The van der Waals surface area contributed by atoms with Gasteiger partial charge in [0.05, 0.1) is 6.10 Å². The van der Waals surface area contributed by atoms with Crippen LogP contribution in [-0.2, 0) is 6.54 Å². The second-order valence-corrected chi connectivity index (χ2v) is 3.98. The molecule has 1 fully saturated rings. The van der Waals surface area contributed by atoms with Gasteiger partial charge in [-0.2, -0.15) is 0 Å². The van der Waals surface area contributed by atoms with Crippen molar-refractivity contribution in [1.82, 2.24) is 9.88 Å². The monoisotopic (exact) mass is 207 g/mol. The third-order valence-corrected chi connectivity index (χ3v) is 2.73. The van der Waals surface area contributed by atoms with Gasteiger partial charge in [0.25, 0.3) is 0 Å². The Morgan fingerprint density at radius 3 is 3.00 bits per heavy atom. The first-order valence-corrected chi connectivity index (χ1v) is 5.31. The number of anilines is 1. The van der Waals surface area contributed by atoms with Crippen molar-refractivity contribution in [3.8, 4) is 0 Å². The van der Waals surface area contributed by atoms with E-state index in [4.69, 9.17) is 0 Å². The van der Waals surface area contributed by atoms with E-state index >= 15 is 0 Å². The molecule has 82 valence electrons. The van der Waals surface area contributed by atoms with Crippen molar-refractivity contribution in [1.29, 1.82) is 0 Å². The van der Waals surface area contributed by atoms with Gasteiger partial charge in [0.15, 0.2) is 0 Å². The predicted molar refractivity (Wildman–Crippen MR) is 59.7 cm³/mol. The minimum absolute atomic E-state index is 0.144. The Labute approximate surface area is 89.9 Å². The molecular weight excluding hydrogens is 190 g/mol. The summed E-state index contributed by atoms with van der Waals surface area (Å²) in [5.74, 6) is 0.889. The zero-order valence-electron chi connectivity index (χ0n) is 8.98. The summed E-state index contributed by atoms with van der Waals surface area (Å²) in [4.78, 5) is 6.51. The fourth-order valence-corrected chi connectivity index (χ4v) is 1.88. The van der Waals surface area contributed by atoms with Crippen molar-refractivity contribution in [2.75, 3.05) is 25.5 Å². The summed E-state index contributed by atoms with van der Waals surface area (Å²) in [6.45, 7) is 2.65. The molecule has 2 heterocycles. The van der Waals surface area contributed by atoms with E-state index in [0.29, 0.717) is 0 Å². The average Bonchev–Trinajstić information content (AvgIpc) is 2.65. The van der Waals surface area contributed by atoms with Crippen molar-refractivity contribution in [3.63, 3.8) is 0 Å². The lowest BCUT2D eigenvalue weighted by Gasteiger charge is -2.14. The molecule has 0 spiro atoms. The smallest absolute Gasteiger partial charge is 0.125 e. The molecule has 2 N–H and O–H groups in total. The highest BCUT2D eigenvalue weighted by atomic mass is 16.3. The minimum atomic E-state index is -0.144. The molecule has 1 aliphatic rings. The maximum Gasteiger partial charge on any atom is 0.125 e. The van der Waals surface area contributed by atoms with Crippen LogP contribution in [0.2, 0.25) is 0 Å². The van der Waals surface area contributed by atoms with Crippen LogP contribution in [-0.4, -0.2) is 41.2 Å². The van der Waals surface area contributed by atoms with Crippen LogP contribution in [0.3, 0.4) is 0 Å². The number of pyridine rings is 1. The van der Waals surface area contributed by atoms with Gasteiger partial charge in [-0.1, -0.05) is 6.07 Å². The maximum atomic E-state index is 9.39. The van der Waals surface area contributed by atoms with E-state index in [1.54, 1.807) is 0 Å². The fourth-order valence-electron chi connectivity index (χ4n) is 1.88. The number of aliphatic hydroxyl groups excluding tert-OH is 1. The molecule has 1 aromatic heterocycles. The largest absolute Gasteiger partial charge is 0.392 e. The molecule has 4 nitrogen and oxygen atoms in total. The van der Waals surface area contributed by atoms with E-state index in [-0.39, 0.29) is 6.10 Å². The quantitative estimate of drug-likeness (QED) is 0.765. The number of likely N-dealkylation sites (tertiary alicyclic amines) is 1. The van der Waals surface area contributed by atoms with Crippen LogP contribution in [0.15, 0.2) is 18.3 Å². The van der Waals surface area contributed by atoms with Crippen molar-refractivity contribution in [3.05, 3.63) is 23.9 Å². The summed E-state index contributed by atoms with van der Waals surface area (Å²) in [5, 5.41) is 12.4. The Morgan fingerprint density at radius 2 is 2.47 bits per heavy atom. The number of hydrogen-bond donors (Lipinski definition) is 2. The Hall–Kier alpha value is -1.13. The van der Waals surface area contributed by atoms with Gasteiger partial charge >= 0.3 is 0 Å². The molecule has 2 rings (SSSR count). The van der Waals surface area contributed by atoms with Gasteiger partial charge in [0, 0.05) is 32.9 Å². The van der Waals surface area contributed by atoms with Crippen molar-refractivity contribution in [2.45, 2.75) is 19.1 Å². The zero-order chi connectivity index (χ0) is 10.7. The first kappa shape index (κ1) is 10.4. The third kappa shape index (κ3) is 2.67. The summed E-state index contributed by atoms with van der Waals surface area (Å²) in [6, 6.07) is 4.05. The third-order valence-electron chi connectivity index (χ3n) is 2.73. The molecule has 1 unspecified atom stereocenters. The Bertz CT molecular complexity index is 312. The predicted octanol–water partition coefficient (Wildman–Crippen LogP) is 0.690. The summed E-state index contributed by atoms with van der Waals surface area (Å²) in [7, 11) is 1.86. The maximum absolute atomic E-state index is 9.39. The van der Waals surface area contributed by atoms with Gasteiger partial charge in [0.1, 0.15) is 5.82 Å². The molecule has 1 aromatic rings. The van der Waals surface area contributed by atoms with Gasteiger partial charge < -0.3 is 10.4 Å². The van der Waals surface area contributed by atoms with Gasteiger partial charge in [0.2, 0.25) is 0 Å². The highest BCUT2D eigenvalue weighted by Crippen LogP contribution is 2.13. The van der Waals surface area contributed by atoms with Gasteiger partial charge in [-0.25, -0.2) is 4.98 Å². The SMILES string of the molecule is CNc1ccc(CN2CCC(O)C2)cn1. The molecule has 0 radical (unpaired) electrons. The average molecular weight is 207 g/mol. The number of nitrogens with zero attached hydrogens (tertiary/aromatic N) is 2. The number of aliphatic hydroxyl groups is 1. The van der Waals surface area contributed by atoms with E-state index in [1.165, 1.54) is 5.56 Å². The van der Waals surface area contributed by atoms with Gasteiger partial charge in [-0.05, 0) is 18.1 Å². The van der Waals surface area contributed by atoms with Gasteiger partial charge in [-0.3, -0.25) is 4.90 Å². The minimum Gasteiger partial charge on any atom is -0.392 e. The molecule has 1 saturated heterocycles. The Kier molecular flexibility index (Phi) is 3.18. The van der Waals surface area contributed by atoms with E-state index in [1.807, 2.05) is 19.3 Å². The topological polar surface area (TPSA) is 48.4 Å². The number of β-amino-alcohol motifs (C(OH)–C–C–N with tert-alkyl or cyclic N) is 1. The van der Waals surface area contributed by atoms with Crippen LogP contribution in [0, 0.1) is 0 Å². The lowest BCUT2D eigenvalue weighted by molar-refractivity contribution is 0.175. The highest BCUT2D eigenvalue weighted by molar-refractivity contribution is 5.34. The first-order chi connectivity index (χ1) is 7.28. The first-order valence-electron chi connectivity index (χ1n) is 5.31. The summed E-state index contributed by atoms with van der Waals surface area (Å²) >= 11 is 0. The van der Waals surface area contributed by atoms with E-state index in [2.05, 4.69) is 21.3 Å². The molecule has 0 amide bonds. The molecule has 0 aromatic carbocycles. The Morgan fingerprint density at radius 1 is 1.60 bits per heavy atom. The van der Waals surface area contributed by atoms with Crippen LogP contribution in [0.4, 0.5) is 5.82 Å². The molecule has 0 bridgehead atoms. The standard InChI is InChI=1S/C11H17N3O/c1-12-11-3-2-9(6-13-11)7-14-5-4-10(15)8-14/h2-3,6,10,15H,4-5,7-8H2,1H3,(H,12,13). The van der Waals surface area contributed by atoms with Crippen molar-refractivity contribution in [2.24, 2.45) is 0 Å². The lowest BCUT2D eigenvalue weighted by Crippen LogP contribution is -2.21. The summed E-state index contributed by atoms with van der Waals surface area (Å²) < 4.78 is 0. The molecule has 1 atom stereocenters. The van der Waals surface area contributed by atoms with Crippen LogP contribution in [0.25, 0.3) is 0 Å². The van der Waals surface area contributed by atoms with Gasteiger partial charge in [-0.15, -0.1) is 0 Å². The molecule has 0 saturated carbocycles. The molecule has 4 heteroatoms. The van der Waals surface area contributed by atoms with Crippen LogP contribution in [0.5, 0.6) is 0 Å². The number of hydrogen-bond acceptors (Lipinski definition) is 4.